The predicted octanol–water partition coefficient (Wildman–Crippen LogP) is 3.20. The summed E-state index contributed by atoms with van der Waals surface area (Å²) in [7, 11) is 0. The van der Waals surface area contributed by atoms with Crippen LogP contribution in [0.3, 0.4) is 0 Å². The monoisotopic (exact) mass is 264 g/mol. The van der Waals surface area contributed by atoms with Crippen LogP contribution in [0, 0.1) is 0 Å². The van der Waals surface area contributed by atoms with Gasteiger partial charge in [0, 0.05) is 19.7 Å². The number of fused-ring (bicyclic) bond motifs is 1. The highest BCUT2D eigenvalue weighted by Gasteiger charge is 2.01. The molecule has 0 saturated carbocycles. The molecule has 0 radical (unpaired) electrons. The van der Waals surface area contributed by atoms with Gasteiger partial charge in [-0.1, -0.05) is 25.5 Å². The van der Waals surface area contributed by atoms with E-state index in [1.807, 2.05) is 6.07 Å². The summed E-state index contributed by atoms with van der Waals surface area (Å²) in [6.45, 7) is 5.55. The smallest absolute Gasteiger partial charge is 0.108 e. The summed E-state index contributed by atoms with van der Waals surface area (Å²) in [5.41, 5.74) is 1.10. The summed E-state index contributed by atoms with van der Waals surface area (Å²) in [4.78, 5) is 4.58. The van der Waals surface area contributed by atoms with Gasteiger partial charge in [-0.25, -0.2) is 4.98 Å². The van der Waals surface area contributed by atoms with Crippen molar-refractivity contribution >= 4 is 21.6 Å². The Hall–Kier alpha value is -0.970. The summed E-state index contributed by atoms with van der Waals surface area (Å²) in [6.07, 6.45) is 2.34. The first-order valence-corrected chi connectivity index (χ1v) is 7.34. The Balaban J connectivity index is 1.67. The van der Waals surface area contributed by atoms with Crippen molar-refractivity contribution in [3.05, 3.63) is 29.3 Å². The van der Waals surface area contributed by atoms with Crippen LogP contribution in [-0.4, -0.2) is 24.7 Å². The van der Waals surface area contributed by atoms with E-state index in [9.17, 15) is 0 Å². The van der Waals surface area contributed by atoms with Gasteiger partial charge in [-0.3, -0.25) is 0 Å². The molecule has 2 rings (SSSR count). The summed E-state index contributed by atoms with van der Waals surface area (Å²) in [5, 5.41) is 4.51. The van der Waals surface area contributed by atoms with Gasteiger partial charge < -0.3 is 10.1 Å². The van der Waals surface area contributed by atoms with Gasteiger partial charge in [0.15, 0.2) is 0 Å². The van der Waals surface area contributed by atoms with Crippen LogP contribution in [0.25, 0.3) is 10.2 Å². The highest BCUT2D eigenvalue weighted by molar-refractivity contribution is 7.18. The number of para-hydroxylation sites is 1. The number of benzene rings is 1. The molecule has 18 heavy (non-hydrogen) atoms. The number of hydrogen-bond acceptors (Lipinski definition) is 4. The molecule has 2 aromatic rings. The van der Waals surface area contributed by atoms with Gasteiger partial charge in [0.05, 0.1) is 16.8 Å². The second-order valence-electron chi connectivity index (χ2n) is 4.22. The molecule has 0 saturated heterocycles. The maximum absolute atomic E-state index is 5.49. The van der Waals surface area contributed by atoms with Crippen molar-refractivity contribution < 1.29 is 4.74 Å². The fourth-order valence-electron chi connectivity index (χ4n) is 1.68. The molecule has 1 aromatic carbocycles. The minimum Gasteiger partial charge on any atom is -0.380 e. The van der Waals surface area contributed by atoms with Crippen molar-refractivity contribution in [1.29, 1.82) is 0 Å². The Morgan fingerprint density at radius 1 is 1.28 bits per heavy atom. The third-order valence-electron chi connectivity index (χ3n) is 2.68. The lowest BCUT2D eigenvalue weighted by Gasteiger charge is -2.03. The quantitative estimate of drug-likeness (QED) is 0.743. The zero-order valence-electron chi connectivity index (χ0n) is 10.8. The van der Waals surface area contributed by atoms with Gasteiger partial charge in [-0.2, -0.15) is 0 Å². The largest absolute Gasteiger partial charge is 0.380 e. The van der Waals surface area contributed by atoms with Gasteiger partial charge in [0.2, 0.25) is 0 Å². The molecular weight excluding hydrogens is 244 g/mol. The van der Waals surface area contributed by atoms with E-state index in [0.717, 1.165) is 43.2 Å². The molecule has 0 amide bonds. The van der Waals surface area contributed by atoms with Crippen LogP contribution in [-0.2, 0) is 11.3 Å². The molecule has 0 aliphatic heterocycles. The molecule has 3 nitrogen and oxygen atoms in total. The molecule has 0 atom stereocenters. The minimum absolute atomic E-state index is 0.783. The Labute approximate surface area is 112 Å². The molecule has 1 heterocycles. The van der Waals surface area contributed by atoms with Crippen LogP contribution < -0.4 is 5.32 Å². The zero-order valence-corrected chi connectivity index (χ0v) is 11.6. The van der Waals surface area contributed by atoms with Crippen LogP contribution in [0.5, 0.6) is 0 Å². The zero-order chi connectivity index (χ0) is 12.6. The second kappa shape index (κ2) is 7.46. The first-order chi connectivity index (χ1) is 8.90. The third kappa shape index (κ3) is 4.05. The van der Waals surface area contributed by atoms with E-state index in [1.54, 1.807) is 11.3 Å². The van der Waals surface area contributed by atoms with Crippen molar-refractivity contribution in [2.24, 2.45) is 0 Å². The maximum Gasteiger partial charge on any atom is 0.108 e. The number of nitrogens with one attached hydrogen (secondary N) is 1. The van der Waals surface area contributed by atoms with Gasteiger partial charge in [0.1, 0.15) is 5.01 Å². The fourth-order valence-corrected chi connectivity index (χ4v) is 2.62. The second-order valence-corrected chi connectivity index (χ2v) is 5.33. The Morgan fingerprint density at radius 3 is 3.00 bits per heavy atom. The predicted molar refractivity (Wildman–Crippen MR) is 77.1 cm³/mol. The average Bonchev–Trinajstić information content (AvgIpc) is 2.80. The lowest BCUT2D eigenvalue weighted by atomic mass is 10.3. The molecule has 4 heteroatoms. The van der Waals surface area contributed by atoms with Crippen molar-refractivity contribution in [3.8, 4) is 0 Å². The molecule has 0 aliphatic carbocycles. The van der Waals surface area contributed by atoms with E-state index in [4.69, 9.17) is 4.74 Å². The van der Waals surface area contributed by atoms with Crippen molar-refractivity contribution in [3.63, 3.8) is 0 Å². The van der Waals surface area contributed by atoms with E-state index < -0.39 is 0 Å². The Bertz CT molecular complexity index is 437. The van der Waals surface area contributed by atoms with E-state index in [0.29, 0.717) is 0 Å². The van der Waals surface area contributed by atoms with E-state index in [1.165, 1.54) is 11.1 Å². The number of nitrogens with zero attached hydrogens (tertiary/aromatic N) is 1. The van der Waals surface area contributed by atoms with E-state index in [2.05, 4.69) is 35.4 Å². The van der Waals surface area contributed by atoms with Crippen LogP contribution >= 0.6 is 11.3 Å². The average molecular weight is 264 g/mol. The lowest BCUT2D eigenvalue weighted by Crippen LogP contribution is -2.19. The topological polar surface area (TPSA) is 34.1 Å². The minimum atomic E-state index is 0.783. The van der Waals surface area contributed by atoms with Crippen molar-refractivity contribution in [2.45, 2.75) is 26.3 Å². The highest BCUT2D eigenvalue weighted by Crippen LogP contribution is 2.20. The van der Waals surface area contributed by atoms with Crippen LogP contribution in [0.2, 0.25) is 0 Å². The molecular formula is C14H20N2OS. The van der Waals surface area contributed by atoms with E-state index >= 15 is 0 Å². The third-order valence-corrected chi connectivity index (χ3v) is 3.72. The number of thiazole rings is 1. The summed E-state index contributed by atoms with van der Waals surface area (Å²) in [6, 6.07) is 8.26. The lowest BCUT2D eigenvalue weighted by molar-refractivity contribution is 0.133. The summed E-state index contributed by atoms with van der Waals surface area (Å²) < 4.78 is 6.75. The summed E-state index contributed by atoms with van der Waals surface area (Å²) >= 11 is 1.75. The molecule has 0 aliphatic rings. The maximum atomic E-state index is 5.49. The SMILES string of the molecule is CCCCOCCNCc1nc2ccccc2s1. The van der Waals surface area contributed by atoms with Gasteiger partial charge >= 0.3 is 0 Å². The van der Waals surface area contributed by atoms with Crippen LogP contribution in [0.4, 0.5) is 0 Å². The molecule has 1 N–H and O–H groups in total. The highest BCUT2D eigenvalue weighted by atomic mass is 32.1. The van der Waals surface area contributed by atoms with Crippen LogP contribution in [0.1, 0.15) is 24.8 Å². The number of rotatable bonds is 8. The number of ether oxygens (including phenoxy) is 1. The molecule has 0 fully saturated rings. The molecule has 0 bridgehead atoms. The normalized spacial score (nSPS) is 11.2. The van der Waals surface area contributed by atoms with E-state index in [-0.39, 0.29) is 0 Å². The number of aromatic nitrogens is 1. The Morgan fingerprint density at radius 2 is 2.17 bits per heavy atom. The van der Waals surface area contributed by atoms with Crippen molar-refractivity contribution in [2.75, 3.05) is 19.8 Å². The first kappa shape index (κ1) is 13.5. The Kier molecular flexibility index (Phi) is 5.58. The van der Waals surface area contributed by atoms with Crippen LogP contribution in [0.15, 0.2) is 24.3 Å². The summed E-state index contributed by atoms with van der Waals surface area (Å²) in [5.74, 6) is 0. The number of unbranched alkanes of at least 4 members (excludes halogenated alkanes) is 1. The first-order valence-electron chi connectivity index (χ1n) is 6.53. The van der Waals surface area contributed by atoms with Crippen molar-refractivity contribution in [1.82, 2.24) is 10.3 Å². The van der Waals surface area contributed by atoms with Gasteiger partial charge in [0.25, 0.3) is 0 Å². The molecule has 1 aromatic heterocycles. The fraction of sp³-hybridized carbons (Fsp3) is 0.500. The van der Waals surface area contributed by atoms with Gasteiger partial charge in [-0.15, -0.1) is 11.3 Å². The van der Waals surface area contributed by atoms with Gasteiger partial charge in [-0.05, 0) is 18.6 Å². The standard InChI is InChI=1S/C14H20N2OS/c1-2-3-9-17-10-8-15-11-14-16-12-6-4-5-7-13(12)18-14/h4-7,15H,2-3,8-11H2,1H3. The molecule has 0 unspecified atom stereocenters. The molecule has 0 spiro atoms. The number of hydrogen-bond donors (Lipinski definition) is 1. The molecule has 98 valence electrons.